The maximum atomic E-state index is 13.0. The molecule has 0 aliphatic heterocycles. The molecule has 1 aromatic heterocycles. The lowest BCUT2D eigenvalue weighted by Gasteiger charge is -2.17. The monoisotopic (exact) mass is 352 g/mol. The van der Waals surface area contributed by atoms with Gasteiger partial charge in [0.2, 0.25) is 0 Å². The van der Waals surface area contributed by atoms with E-state index in [1.54, 1.807) is 28.9 Å². The highest BCUT2D eigenvalue weighted by atomic mass is 19.1. The number of benzene rings is 2. The number of hydrogen-bond donors (Lipinski definition) is 1. The molecule has 0 fully saturated rings. The maximum Gasteiger partial charge on any atom is 0.251 e. The Balaban J connectivity index is 1.74. The van der Waals surface area contributed by atoms with E-state index in [1.165, 1.54) is 18.5 Å². The summed E-state index contributed by atoms with van der Waals surface area (Å²) in [6.45, 7) is 4.69. The highest BCUT2D eigenvalue weighted by Gasteiger charge is 2.18. The molecule has 0 saturated carbocycles. The van der Waals surface area contributed by atoms with E-state index in [0.29, 0.717) is 12.1 Å². The molecule has 0 radical (unpaired) electrons. The standard InChI is InChI=1S/C20H21FN4O/c1-3-18(19-22-13-23-25(19)4-2)24-20(26)16-7-5-14(6-8-16)15-9-11-17(21)12-10-15/h5-13,18H,3-4H2,1-2H3,(H,24,26)/t18-/m1/s1. The average Bonchev–Trinajstić information content (AvgIpc) is 3.15. The fourth-order valence-electron chi connectivity index (χ4n) is 2.83. The second-order valence-corrected chi connectivity index (χ2v) is 5.95. The summed E-state index contributed by atoms with van der Waals surface area (Å²) in [5.41, 5.74) is 2.40. The first kappa shape index (κ1) is 17.8. The normalized spacial score (nSPS) is 12.0. The van der Waals surface area contributed by atoms with E-state index in [9.17, 15) is 9.18 Å². The van der Waals surface area contributed by atoms with Crippen LogP contribution >= 0.6 is 0 Å². The summed E-state index contributed by atoms with van der Waals surface area (Å²) in [6, 6.07) is 13.3. The highest BCUT2D eigenvalue weighted by molar-refractivity contribution is 5.94. The Morgan fingerprint density at radius 1 is 1.08 bits per heavy atom. The van der Waals surface area contributed by atoms with E-state index in [-0.39, 0.29) is 17.8 Å². The molecule has 1 atom stereocenters. The first-order valence-electron chi connectivity index (χ1n) is 8.67. The van der Waals surface area contributed by atoms with Crippen LogP contribution in [-0.4, -0.2) is 20.7 Å². The molecule has 0 aliphatic rings. The van der Waals surface area contributed by atoms with E-state index in [4.69, 9.17) is 0 Å². The number of aryl methyl sites for hydroxylation is 1. The summed E-state index contributed by atoms with van der Waals surface area (Å²) in [4.78, 5) is 16.9. The SMILES string of the molecule is CC[C@@H](NC(=O)c1ccc(-c2ccc(F)cc2)cc1)c1ncnn1CC. The van der Waals surface area contributed by atoms with Crippen LogP contribution in [0, 0.1) is 5.82 Å². The van der Waals surface area contributed by atoms with Crippen LogP contribution in [0.3, 0.4) is 0 Å². The molecule has 6 heteroatoms. The zero-order chi connectivity index (χ0) is 18.5. The molecular weight excluding hydrogens is 331 g/mol. The quantitative estimate of drug-likeness (QED) is 0.730. The van der Waals surface area contributed by atoms with E-state index in [2.05, 4.69) is 15.4 Å². The van der Waals surface area contributed by atoms with Gasteiger partial charge in [-0.05, 0) is 48.7 Å². The van der Waals surface area contributed by atoms with Gasteiger partial charge in [-0.3, -0.25) is 4.79 Å². The second kappa shape index (κ2) is 7.91. The van der Waals surface area contributed by atoms with Crippen LogP contribution in [0.5, 0.6) is 0 Å². The van der Waals surface area contributed by atoms with Gasteiger partial charge in [-0.1, -0.05) is 31.2 Å². The number of nitrogens with zero attached hydrogens (tertiary/aromatic N) is 3. The van der Waals surface area contributed by atoms with Crippen molar-refractivity contribution in [3.8, 4) is 11.1 Å². The van der Waals surface area contributed by atoms with Crippen molar-refractivity contribution in [2.24, 2.45) is 0 Å². The fourth-order valence-corrected chi connectivity index (χ4v) is 2.83. The van der Waals surface area contributed by atoms with Crippen LogP contribution in [0.15, 0.2) is 54.9 Å². The third-order valence-electron chi connectivity index (χ3n) is 4.29. The lowest BCUT2D eigenvalue weighted by atomic mass is 10.0. The molecular formula is C20H21FN4O. The highest BCUT2D eigenvalue weighted by Crippen LogP contribution is 2.21. The Hall–Kier alpha value is -3.02. The van der Waals surface area contributed by atoms with Gasteiger partial charge in [0.1, 0.15) is 18.0 Å². The molecule has 0 bridgehead atoms. The summed E-state index contributed by atoms with van der Waals surface area (Å²) < 4.78 is 14.8. The summed E-state index contributed by atoms with van der Waals surface area (Å²) >= 11 is 0. The Bertz CT molecular complexity index is 872. The molecule has 3 aromatic rings. The average molecular weight is 352 g/mol. The van der Waals surface area contributed by atoms with Crippen molar-refractivity contribution in [1.29, 1.82) is 0 Å². The van der Waals surface area contributed by atoms with Gasteiger partial charge in [-0.2, -0.15) is 5.10 Å². The van der Waals surface area contributed by atoms with Crippen LogP contribution in [0.1, 0.15) is 42.5 Å². The van der Waals surface area contributed by atoms with Gasteiger partial charge in [0.25, 0.3) is 5.91 Å². The fraction of sp³-hybridized carbons (Fsp3) is 0.250. The van der Waals surface area contributed by atoms with E-state index >= 15 is 0 Å². The molecule has 1 amide bonds. The zero-order valence-electron chi connectivity index (χ0n) is 14.8. The second-order valence-electron chi connectivity index (χ2n) is 5.95. The number of amides is 1. The summed E-state index contributed by atoms with van der Waals surface area (Å²) in [7, 11) is 0. The van der Waals surface area contributed by atoms with Crippen molar-refractivity contribution in [3.63, 3.8) is 0 Å². The lowest BCUT2D eigenvalue weighted by molar-refractivity contribution is 0.0932. The number of rotatable bonds is 6. The molecule has 26 heavy (non-hydrogen) atoms. The summed E-state index contributed by atoms with van der Waals surface area (Å²) in [5, 5.41) is 7.18. The maximum absolute atomic E-state index is 13.0. The molecule has 3 rings (SSSR count). The van der Waals surface area contributed by atoms with Gasteiger partial charge >= 0.3 is 0 Å². The van der Waals surface area contributed by atoms with Crippen LogP contribution in [0.25, 0.3) is 11.1 Å². The zero-order valence-corrected chi connectivity index (χ0v) is 14.8. The van der Waals surface area contributed by atoms with Gasteiger partial charge in [0.05, 0.1) is 6.04 Å². The van der Waals surface area contributed by atoms with Gasteiger partial charge in [0.15, 0.2) is 0 Å². The van der Waals surface area contributed by atoms with Gasteiger partial charge < -0.3 is 5.32 Å². The third kappa shape index (κ3) is 3.79. The van der Waals surface area contributed by atoms with Gasteiger partial charge in [0, 0.05) is 12.1 Å². The molecule has 0 aliphatic carbocycles. The first-order chi connectivity index (χ1) is 12.6. The Labute approximate surface area is 151 Å². The molecule has 2 aromatic carbocycles. The van der Waals surface area contributed by atoms with E-state index in [1.807, 2.05) is 26.0 Å². The Morgan fingerprint density at radius 2 is 1.69 bits per heavy atom. The van der Waals surface area contributed by atoms with Crippen LogP contribution in [0.4, 0.5) is 4.39 Å². The van der Waals surface area contributed by atoms with Crippen molar-refractivity contribution < 1.29 is 9.18 Å². The molecule has 0 saturated heterocycles. The van der Waals surface area contributed by atoms with Crippen LogP contribution < -0.4 is 5.32 Å². The van der Waals surface area contributed by atoms with Gasteiger partial charge in [-0.15, -0.1) is 0 Å². The minimum absolute atomic E-state index is 0.159. The minimum atomic E-state index is -0.268. The Kier molecular flexibility index (Phi) is 5.41. The number of nitrogens with one attached hydrogen (secondary N) is 1. The number of carbonyl (C=O) groups is 1. The van der Waals surface area contributed by atoms with E-state index < -0.39 is 0 Å². The number of aromatic nitrogens is 3. The van der Waals surface area contributed by atoms with Crippen molar-refractivity contribution in [2.45, 2.75) is 32.9 Å². The van der Waals surface area contributed by atoms with Crippen molar-refractivity contribution in [1.82, 2.24) is 20.1 Å². The molecule has 5 nitrogen and oxygen atoms in total. The van der Waals surface area contributed by atoms with Crippen LogP contribution in [0.2, 0.25) is 0 Å². The number of hydrogen-bond acceptors (Lipinski definition) is 3. The molecule has 1 heterocycles. The third-order valence-corrected chi connectivity index (χ3v) is 4.29. The molecule has 0 unspecified atom stereocenters. The summed E-state index contributed by atoms with van der Waals surface area (Å²) in [6.07, 6.45) is 2.23. The predicted molar refractivity (Wildman–Crippen MR) is 98.0 cm³/mol. The molecule has 0 spiro atoms. The number of halogens is 1. The van der Waals surface area contributed by atoms with Crippen molar-refractivity contribution in [2.75, 3.05) is 0 Å². The van der Waals surface area contributed by atoms with Crippen molar-refractivity contribution >= 4 is 5.91 Å². The lowest BCUT2D eigenvalue weighted by Crippen LogP contribution is -2.30. The minimum Gasteiger partial charge on any atom is -0.342 e. The topological polar surface area (TPSA) is 59.8 Å². The first-order valence-corrected chi connectivity index (χ1v) is 8.67. The predicted octanol–water partition coefficient (Wildman–Crippen LogP) is 3.99. The van der Waals surface area contributed by atoms with Crippen LogP contribution in [-0.2, 0) is 6.54 Å². The smallest absolute Gasteiger partial charge is 0.251 e. The molecule has 1 N–H and O–H groups in total. The Morgan fingerprint density at radius 3 is 2.27 bits per heavy atom. The largest absolute Gasteiger partial charge is 0.342 e. The van der Waals surface area contributed by atoms with E-state index in [0.717, 1.165) is 23.4 Å². The number of carbonyl (C=O) groups excluding carboxylic acids is 1. The van der Waals surface area contributed by atoms with Crippen molar-refractivity contribution in [3.05, 3.63) is 72.1 Å². The molecule has 134 valence electrons. The van der Waals surface area contributed by atoms with Gasteiger partial charge in [-0.25, -0.2) is 14.1 Å². The summed E-state index contributed by atoms with van der Waals surface area (Å²) in [5.74, 6) is 0.328.